The Labute approximate surface area is 109 Å². The highest BCUT2D eigenvalue weighted by atomic mass is 16.5. The molecule has 0 aromatic heterocycles. The second-order valence-electron chi connectivity index (χ2n) is 4.13. The van der Waals surface area contributed by atoms with Crippen molar-refractivity contribution in [1.82, 2.24) is 4.90 Å². The number of para-hydroxylation sites is 1. The average Bonchev–Trinajstić information content (AvgIpc) is 2.49. The lowest BCUT2D eigenvalue weighted by Crippen LogP contribution is -2.45. The second-order valence-corrected chi connectivity index (χ2v) is 4.13. The Morgan fingerprint density at radius 3 is 2.68 bits per heavy atom. The molecule has 2 rings (SSSR count). The van der Waals surface area contributed by atoms with Gasteiger partial charge in [-0.1, -0.05) is 19.1 Å². The molecule has 100 valence electrons. The second kappa shape index (κ2) is 5.09. The van der Waals surface area contributed by atoms with Crippen LogP contribution in [-0.4, -0.2) is 40.4 Å². The van der Waals surface area contributed by atoms with Gasteiger partial charge in [-0.2, -0.15) is 0 Å². The van der Waals surface area contributed by atoms with Crippen molar-refractivity contribution in [3.8, 4) is 5.75 Å². The minimum Gasteiger partial charge on any atom is -0.480 e. The monoisotopic (exact) mass is 263 g/mol. The van der Waals surface area contributed by atoms with Gasteiger partial charge < -0.3 is 9.84 Å². The molecule has 0 spiro atoms. The van der Waals surface area contributed by atoms with Crippen molar-refractivity contribution in [2.45, 2.75) is 19.4 Å². The van der Waals surface area contributed by atoms with Crippen LogP contribution in [0.5, 0.6) is 5.75 Å². The van der Waals surface area contributed by atoms with E-state index in [4.69, 9.17) is 9.84 Å². The molecule has 19 heavy (non-hydrogen) atoms. The van der Waals surface area contributed by atoms with E-state index in [2.05, 4.69) is 0 Å². The number of carboxylic acids is 1. The zero-order chi connectivity index (χ0) is 14.0. The van der Waals surface area contributed by atoms with Crippen LogP contribution >= 0.6 is 0 Å². The lowest BCUT2D eigenvalue weighted by Gasteiger charge is -2.19. The number of amides is 2. The summed E-state index contributed by atoms with van der Waals surface area (Å²) in [4.78, 5) is 35.8. The van der Waals surface area contributed by atoms with Gasteiger partial charge in [0.2, 0.25) is 0 Å². The summed E-state index contributed by atoms with van der Waals surface area (Å²) >= 11 is 0. The molecule has 0 aliphatic carbocycles. The fourth-order valence-corrected chi connectivity index (χ4v) is 1.91. The summed E-state index contributed by atoms with van der Waals surface area (Å²) in [6.45, 7) is 1.08. The maximum absolute atomic E-state index is 12.2. The molecule has 2 amide bonds. The number of fused-ring (bicyclic) bond motifs is 1. The van der Waals surface area contributed by atoms with Crippen molar-refractivity contribution in [3.05, 3.63) is 29.8 Å². The summed E-state index contributed by atoms with van der Waals surface area (Å²) < 4.78 is 5.50. The Kier molecular flexibility index (Phi) is 3.50. The molecule has 0 bridgehead atoms. The highest BCUT2D eigenvalue weighted by molar-refractivity contribution is 6.09. The summed E-state index contributed by atoms with van der Waals surface area (Å²) in [5.74, 6) is -2.19. The van der Waals surface area contributed by atoms with E-state index in [0.29, 0.717) is 12.2 Å². The zero-order valence-electron chi connectivity index (χ0n) is 10.3. The van der Waals surface area contributed by atoms with Crippen molar-refractivity contribution in [2.24, 2.45) is 0 Å². The standard InChI is InChI=1S/C13H13NO5/c1-2-9-13(18)14(7-11(15)16)12(17)8-5-3-4-6-10(8)19-9/h3-6,9H,2,7H2,1H3,(H,15,16). The lowest BCUT2D eigenvalue weighted by molar-refractivity contribution is -0.145. The van der Waals surface area contributed by atoms with Crippen molar-refractivity contribution < 1.29 is 24.2 Å². The molecular weight excluding hydrogens is 250 g/mol. The van der Waals surface area contributed by atoms with Gasteiger partial charge in [0, 0.05) is 0 Å². The molecule has 0 saturated heterocycles. The van der Waals surface area contributed by atoms with Crippen molar-refractivity contribution in [2.75, 3.05) is 6.54 Å². The third kappa shape index (κ3) is 2.42. The maximum Gasteiger partial charge on any atom is 0.323 e. The van der Waals surface area contributed by atoms with Gasteiger partial charge in [-0.3, -0.25) is 19.3 Å². The van der Waals surface area contributed by atoms with E-state index in [-0.39, 0.29) is 5.56 Å². The topological polar surface area (TPSA) is 83.9 Å². The quantitative estimate of drug-likeness (QED) is 0.819. The van der Waals surface area contributed by atoms with Crippen LogP contribution in [0, 0.1) is 0 Å². The van der Waals surface area contributed by atoms with Gasteiger partial charge in [-0.05, 0) is 18.6 Å². The van der Waals surface area contributed by atoms with E-state index in [0.717, 1.165) is 4.90 Å². The minimum absolute atomic E-state index is 0.202. The normalized spacial score (nSPS) is 18.6. The predicted molar refractivity (Wildman–Crippen MR) is 64.8 cm³/mol. The van der Waals surface area contributed by atoms with Gasteiger partial charge in [0.25, 0.3) is 11.8 Å². The Morgan fingerprint density at radius 2 is 2.05 bits per heavy atom. The van der Waals surface area contributed by atoms with E-state index in [1.807, 2.05) is 0 Å². The first-order valence-electron chi connectivity index (χ1n) is 5.87. The Balaban J connectivity index is 2.47. The summed E-state index contributed by atoms with van der Waals surface area (Å²) in [6, 6.07) is 6.43. The van der Waals surface area contributed by atoms with Crippen molar-refractivity contribution in [1.29, 1.82) is 0 Å². The Morgan fingerprint density at radius 1 is 1.37 bits per heavy atom. The van der Waals surface area contributed by atoms with Gasteiger partial charge in [-0.15, -0.1) is 0 Å². The number of carbonyl (C=O) groups is 3. The highest BCUT2D eigenvalue weighted by Gasteiger charge is 2.36. The molecule has 0 saturated carbocycles. The summed E-state index contributed by atoms with van der Waals surface area (Å²) in [5.41, 5.74) is 0.202. The third-order valence-corrected chi connectivity index (χ3v) is 2.84. The molecule has 1 aliphatic heterocycles. The number of carbonyl (C=O) groups excluding carboxylic acids is 2. The molecule has 1 atom stereocenters. The molecule has 1 N–H and O–H groups in total. The van der Waals surface area contributed by atoms with Gasteiger partial charge in [0.15, 0.2) is 6.10 Å². The number of aliphatic carboxylic acids is 1. The largest absolute Gasteiger partial charge is 0.480 e. The van der Waals surface area contributed by atoms with Gasteiger partial charge in [-0.25, -0.2) is 0 Å². The number of rotatable bonds is 3. The number of imide groups is 1. The van der Waals surface area contributed by atoms with Crippen LogP contribution in [0.1, 0.15) is 23.7 Å². The predicted octanol–water partition coefficient (Wildman–Crippen LogP) is 0.911. The number of carboxylic acid groups (broad SMARTS) is 1. The smallest absolute Gasteiger partial charge is 0.323 e. The van der Waals surface area contributed by atoms with Gasteiger partial charge in [0.1, 0.15) is 12.3 Å². The number of nitrogens with zero attached hydrogens (tertiary/aromatic N) is 1. The van der Waals surface area contributed by atoms with Crippen LogP contribution in [0.4, 0.5) is 0 Å². The molecule has 1 unspecified atom stereocenters. The van der Waals surface area contributed by atoms with E-state index < -0.39 is 30.4 Å². The summed E-state index contributed by atoms with van der Waals surface area (Å²) in [5, 5.41) is 8.81. The molecule has 1 heterocycles. The number of hydrogen-bond donors (Lipinski definition) is 1. The van der Waals surface area contributed by atoms with E-state index in [1.165, 1.54) is 6.07 Å². The van der Waals surface area contributed by atoms with Crippen LogP contribution in [-0.2, 0) is 9.59 Å². The fraction of sp³-hybridized carbons (Fsp3) is 0.308. The number of hydrogen-bond acceptors (Lipinski definition) is 4. The van der Waals surface area contributed by atoms with Gasteiger partial charge in [0.05, 0.1) is 5.56 Å². The molecule has 1 aliphatic rings. The summed E-state index contributed by atoms with van der Waals surface area (Å²) in [6.07, 6.45) is -0.483. The maximum atomic E-state index is 12.2. The van der Waals surface area contributed by atoms with Crippen LogP contribution in [0.2, 0.25) is 0 Å². The van der Waals surface area contributed by atoms with Crippen LogP contribution in [0.15, 0.2) is 24.3 Å². The first kappa shape index (κ1) is 13.1. The minimum atomic E-state index is -1.24. The van der Waals surface area contributed by atoms with E-state index in [1.54, 1.807) is 25.1 Å². The lowest BCUT2D eigenvalue weighted by atomic mass is 10.2. The van der Waals surface area contributed by atoms with Crippen molar-refractivity contribution >= 4 is 17.8 Å². The molecular formula is C13H13NO5. The molecule has 1 aromatic rings. The molecule has 6 nitrogen and oxygen atoms in total. The van der Waals surface area contributed by atoms with E-state index >= 15 is 0 Å². The molecule has 1 aromatic carbocycles. The fourth-order valence-electron chi connectivity index (χ4n) is 1.91. The first-order valence-corrected chi connectivity index (χ1v) is 5.87. The number of ether oxygens (including phenoxy) is 1. The molecule has 0 fully saturated rings. The average molecular weight is 263 g/mol. The molecule has 0 radical (unpaired) electrons. The SMILES string of the molecule is CCC1Oc2ccccc2C(=O)N(CC(=O)O)C1=O. The Hall–Kier alpha value is -2.37. The van der Waals surface area contributed by atoms with E-state index in [9.17, 15) is 14.4 Å². The van der Waals surface area contributed by atoms with Gasteiger partial charge >= 0.3 is 5.97 Å². The van der Waals surface area contributed by atoms with Crippen molar-refractivity contribution in [3.63, 3.8) is 0 Å². The van der Waals surface area contributed by atoms with Crippen LogP contribution in [0.3, 0.4) is 0 Å². The molecule has 6 heteroatoms. The number of benzene rings is 1. The van der Waals surface area contributed by atoms with Crippen LogP contribution < -0.4 is 4.74 Å². The highest BCUT2D eigenvalue weighted by Crippen LogP contribution is 2.26. The summed E-state index contributed by atoms with van der Waals surface area (Å²) in [7, 11) is 0. The Bertz CT molecular complexity index is 540. The van der Waals surface area contributed by atoms with Crippen LogP contribution in [0.25, 0.3) is 0 Å². The third-order valence-electron chi connectivity index (χ3n) is 2.84. The zero-order valence-corrected chi connectivity index (χ0v) is 10.3. The first-order chi connectivity index (χ1) is 9.04.